The third-order valence-electron chi connectivity index (χ3n) is 5.71. The van der Waals surface area contributed by atoms with E-state index in [2.05, 4.69) is 15.2 Å². The monoisotopic (exact) mass is 518 g/mol. The molecule has 2 amide bonds. The number of hydrogen-bond acceptors (Lipinski definition) is 5. The van der Waals surface area contributed by atoms with Gasteiger partial charge in [-0.3, -0.25) is 14.3 Å². The van der Waals surface area contributed by atoms with Crippen molar-refractivity contribution in [2.75, 3.05) is 18.4 Å². The Hall–Kier alpha value is -3.60. The fourth-order valence-electron chi connectivity index (χ4n) is 3.95. The summed E-state index contributed by atoms with van der Waals surface area (Å²) >= 11 is 1.64. The molecule has 1 aliphatic rings. The molecule has 1 N–H and O–H groups in total. The lowest BCUT2D eigenvalue weighted by Gasteiger charge is -2.31. The average Bonchev–Trinajstić information content (AvgIpc) is 3.46. The van der Waals surface area contributed by atoms with Crippen molar-refractivity contribution in [3.8, 4) is 5.75 Å². The van der Waals surface area contributed by atoms with Gasteiger partial charge in [-0.05, 0) is 55.7 Å². The number of alkyl halides is 3. The van der Waals surface area contributed by atoms with E-state index in [-0.39, 0.29) is 30.0 Å². The number of anilines is 1. The van der Waals surface area contributed by atoms with Crippen LogP contribution in [0.25, 0.3) is 6.08 Å². The number of ether oxygens (including phenoxy) is 1. The first-order valence-electron chi connectivity index (χ1n) is 11.4. The van der Waals surface area contributed by atoms with Gasteiger partial charge in [0.1, 0.15) is 5.75 Å². The number of halogens is 3. The van der Waals surface area contributed by atoms with Crippen LogP contribution in [0.1, 0.15) is 34.2 Å². The molecule has 0 unspecified atom stereocenters. The number of aromatic nitrogens is 2. The van der Waals surface area contributed by atoms with Crippen LogP contribution >= 0.6 is 11.3 Å². The molecule has 1 aliphatic heterocycles. The van der Waals surface area contributed by atoms with Crippen LogP contribution in [-0.4, -0.2) is 45.9 Å². The summed E-state index contributed by atoms with van der Waals surface area (Å²) in [5.41, 5.74) is 1.08. The Labute approximate surface area is 210 Å². The Morgan fingerprint density at radius 1 is 1.17 bits per heavy atom. The zero-order valence-corrected chi connectivity index (χ0v) is 20.3. The summed E-state index contributed by atoms with van der Waals surface area (Å²) in [5, 5.41) is 7.11. The fourth-order valence-corrected chi connectivity index (χ4v) is 4.73. The maximum atomic E-state index is 12.5. The van der Waals surface area contributed by atoms with Gasteiger partial charge in [-0.15, -0.1) is 24.5 Å². The number of benzene rings is 1. The number of nitrogens with one attached hydrogen (secondary N) is 1. The molecule has 3 aromatic rings. The summed E-state index contributed by atoms with van der Waals surface area (Å²) in [7, 11) is 0. The summed E-state index contributed by atoms with van der Waals surface area (Å²) in [6.45, 7) is 3.26. The van der Waals surface area contributed by atoms with E-state index in [0.717, 1.165) is 17.7 Å². The number of carbonyl (C=O) groups excluding carboxylic acids is 2. The van der Waals surface area contributed by atoms with Gasteiger partial charge in [0.15, 0.2) is 0 Å². The standard InChI is InChI=1S/C25H25F3N4O3S/c1-17-2-7-22(36-17)8-9-24(34)31-12-10-20(11-13-31)32-16-19(15-29-32)30-23(33)14-18-3-5-21(6-4-18)35-25(26,27)28/h2-9,15-16,20H,10-14H2,1H3,(H,30,33)/b9-8+. The van der Waals surface area contributed by atoms with E-state index in [9.17, 15) is 22.8 Å². The molecule has 190 valence electrons. The number of carbonyl (C=O) groups is 2. The lowest BCUT2D eigenvalue weighted by molar-refractivity contribution is -0.274. The van der Waals surface area contributed by atoms with Crippen molar-refractivity contribution in [3.05, 3.63) is 70.2 Å². The molecule has 1 saturated heterocycles. The minimum atomic E-state index is -4.76. The highest BCUT2D eigenvalue weighted by Crippen LogP contribution is 2.25. The minimum absolute atomic E-state index is 0.00344. The maximum Gasteiger partial charge on any atom is 0.573 e. The molecule has 0 saturated carbocycles. The zero-order chi connectivity index (χ0) is 25.7. The molecule has 1 aromatic carbocycles. The molecule has 0 atom stereocenters. The number of thiophene rings is 1. The lowest BCUT2D eigenvalue weighted by Crippen LogP contribution is -2.38. The van der Waals surface area contributed by atoms with Gasteiger partial charge in [0.05, 0.1) is 24.3 Å². The number of likely N-dealkylation sites (tertiary alicyclic amines) is 1. The first kappa shape index (κ1) is 25.5. The van der Waals surface area contributed by atoms with Crippen molar-refractivity contribution >= 4 is 34.9 Å². The summed E-state index contributed by atoms with van der Waals surface area (Å²) in [6.07, 6.45) is 3.50. The third kappa shape index (κ3) is 7.20. The van der Waals surface area contributed by atoms with Gasteiger partial charge in [-0.25, -0.2) is 0 Å². The Balaban J connectivity index is 1.24. The number of rotatable bonds is 7. The molecule has 3 heterocycles. The first-order chi connectivity index (χ1) is 17.1. The van der Waals surface area contributed by atoms with Crippen LogP contribution < -0.4 is 10.1 Å². The fraction of sp³-hybridized carbons (Fsp3) is 0.320. The van der Waals surface area contributed by atoms with E-state index in [1.54, 1.807) is 34.5 Å². The largest absolute Gasteiger partial charge is 0.573 e. The molecule has 7 nitrogen and oxygen atoms in total. The topological polar surface area (TPSA) is 76.5 Å². The maximum absolute atomic E-state index is 12.5. The third-order valence-corrected chi connectivity index (χ3v) is 6.67. The molecule has 11 heteroatoms. The van der Waals surface area contributed by atoms with E-state index in [1.807, 2.05) is 30.0 Å². The summed E-state index contributed by atoms with van der Waals surface area (Å²) in [6, 6.07) is 9.30. The van der Waals surface area contributed by atoms with Crippen molar-refractivity contribution in [2.45, 2.75) is 38.6 Å². The van der Waals surface area contributed by atoms with E-state index in [4.69, 9.17) is 0 Å². The summed E-state index contributed by atoms with van der Waals surface area (Å²) in [5.74, 6) is -0.660. The van der Waals surface area contributed by atoms with Crippen LogP contribution in [0.2, 0.25) is 0 Å². The minimum Gasteiger partial charge on any atom is -0.406 e. The van der Waals surface area contributed by atoms with Gasteiger partial charge in [-0.2, -0.15) is 5.10 Å². The molecule has 0 aliphatic carbocycles. The van der Waals surface area contributed by atoms with Gasteiger partial charge >= 0.3 is 6.36 Å². The average molecular weight is 519 g/mol. The Morgan fingerprint density at radius 3 is 2.53 bits per heavy atom. The summed E-state index contributed by atoms with van der Waals surface area (Å²) < 4.78 is 42.4. The van der Waals surface area contributed by atoms with Crippen LogP contribution in [-0.2, 0) is 16.0 Å². The number of piperidine rings is 1. The first-order valence-corrected chi connectivity index (χ1v) is 12.2. The van der Waals surface area contributed by atoms with Gasteiger partial charge in [0.25, 0.3) is 0 Å². The molecule has 2 aromatic heterocycles. The number of amides is 2. The molecule has 36 heavy (non-hydrogen) atoms. The van der Waals surface area contributed by atoms with Crippen LogP contribution in [0, 0.1) is 6.92 Å². The Kier molecular flexibility index (Phi) is 7.78. The smallest absolute Gasteiger partial charge is 0.406 e. The molecule has 0 spiro atoms. The van der Waals surface area contributed by atoms with Crippen molar-refractivity contribution in [2.24, 2.45) is 0 Å². The molecular weight excluding hydrogens is 493 g/mol. The quantitative estimate of drug-likeness (QED) is 0.436. The molecule has 1 fully saturated rings. The van der Waals surface area contributed by atoms with Crippen LogP contribution in [0.15, 0.2) is 54.9 Å². The van der Waals surface area contributed by atoms with Crippen LogP contribution in [0.5, 0.6) is 5.75 Å². The highest BCUT2D eigenvalue weighted by molar-refractivity contribution is 7.12. The number of aryl methyl sites for hydroxylation is 1. The lowest BCUT2D eigenvalue weighted by atomic mass is 10.1. The Bertz CT molecular complexity index is 1230. The predicted octanol–water partition coefficient (Wildman–Crippen LogP) is 5.21. The molecule has 0 bridgehead atoms. The number of hydrogen-bond donors (Lipinski definition) is 1. The van der Waals surface area contributed by atoms with Crippen molar-refractivity contribution in [3.63, 3.8) is 0 Å². The zero-order valence-electron chi connectivity index (χ0n) is 19.5. The van der Waals surface area contributed by atoms with Crippen molar-refractivity contribution in [1.29, 1.82) is 0 Å². The Morgan fingerprint density at radius 2 is 1.89 bits per heavy atom. The van der Waals surface area contributed by atoms with Gasteiger partial charge < -0.3 is 15.0 Å². The van der Waals surface area contributed by atoms with Crippen LogP contribution in [0.4, 0.5) is 18.9 Å². The van der Waals surface area contributed by atoms with Crippen molar-refractivity contribution in [1.82, 2.24) is 14.7 Å². The highest BCUT2D eigenvalue weighted by atomic mass is 32.1. The normalized spacial score (nSPS) is 14.8. The van der Waals surface area contributed by atoms with E-state index >= 15 is 0 Å². The second kappa shape index (κ2) is 11.0. The second-order valence-electron chi connectivity index (χ2n) is 8.46. The molecule has 0 radical (unpaired) electrons. The van der Waals surface area contributed by atoms with Crippen molar-refractivity contribution < 1.29 is 27.5 Å². The molecule has 4 rings (SSSR count). The van der Waals surface area contributed by atoms with E-state index in [0.29, 0.717) is 24.3 Å². The van der Waals surface area contributed by atoms with Gasteiger partial charge in [0.2, 0.25) is 11.8 Å². The van der Waals surface area contributed by atoms with Gasteiger partial charge in [-0.1, -0.05) is 12.1 Å². The van der Waals surface area contributed by atoms with Crippen LogP contribution in [0.3, 0.4) is 0 Å². The summed E-state index contributed by atoms with van der Waals surface area (Å²) in [4.78, 5) is 28.9. The van der Waals surface area contributed by atoms with E-state index in [1.165, 1.54) is 29.1 Å². The predicted molar refractivity (Wildman–Crippen MR) is 131 cm³/mol. The molecular formula is C25H25F3N4O3S. The SMILES string of the molecule is Cc1ccc(/C=C/C(=O)N2CCC(n3cc(NC(=O)Cc4ccc(OC(F)(F)F)cc4)cn3)CC2)s1. The van der Waals surface area contributed by atoms with E-state index < -0.39 is 6.36 Å². The van der Waals surface area contributed by atoms with Gasteiger partial charge in [0, 0.05) is 35.1 Å². The highest BCUT2D eigenvalue weighted by Gasteiger charge is 2.31. The number of nitrogens with zero attached hydrogens (tertiary/aromatic N) is 3. The second-order valence-corrected chi connectivity index (χ2v) is 9.78.